The lowest BCUT2D eigenvalue weighted by atomic mass is 10.2. The molecule has 1 aliphatic heterocycles. The van der Waals surface area contributed by atoms with Gasteiger partial charge in [-0.05, 0) is 40.4 Å². The van der Waals surface area contributed by atoms with E-state index in [1.54, 1.807) is 12.1 Å². The van der Waals surface area contributed by atoms with E-state index < -0.39 is 0 Å². The van der Waals surface area contributed by atoms with Crippen LogP contribution in [0.2, 0.25) is 0 Å². The summed E-state index contributed by atoms with van der Waals surface area (Å²) in [6.07, 6.45) is 7.25. The molecule has 14 heavy (non-hydrogen) atoms. The fraction of sp³-hybridized carbons (Fsp3) is 0.400. The average molecular weight is 228 g/mol. The van der Waals surface area contributed by atoms with Crippen molar-refractivity contribution in [3.8, 4) is 0 Å². The van der Waals surface area contributed by atoms with Crippen molar-refractivity contribution >= 4 is 20.9 Å². The minimum Gasteiger partial charge on any atom is -0.303 e. The third-order valence-electron chi connectivity index (χ3n) is 2.06. The minimum atomic E-state index is 0.768. The van der Waals surface area contributed by atoms with Crippen molar-refractivity contribution < 1.29 is 0 Å². The van der Waals surface area contributed by atoms with Gasteiger partial charge in [0.25, 0.3) is 0 Å². The lowest BCUT2D eigenvalue weighted by molar-refractivity contribution is 0.658. The molecule has 1 fully saturated rings. The van der Waals surface area contributed by atoms with Gasteiger partial charge in [0, 0.05) is 18.7 Å². The van der Waals surface area contributed by atoms with Crippen molar-refractivity contribution in [2.24, 2.45) is 0 Å². The van der Waals surface area contributed by atoms with Crippen LogP contribution in [0, 0.1) is 0 Å². The predicted octanol–water partition coefficient (Wildman–Crippen LogP) is 3.08. The molecule has 0 spiro atoms. The SMILES string of the molecule is C=C/C=C1\C(=C/C)CCN1SNPC. The largest absolute Gasteiger partial charge is 0.303 e. The molecule has 0 amide bonds. The van der Waals surface area contributed by atoms with Gasteiger partial charge < -0.3 is 4.31 Å². The average Bonchev–Trinajstić information content (AvgIpc) is 2.58. The zero-order valence-electron chi connectivity index (χ0n) is 8.71. The van der Waals surface area contributed by atoms with Crippen molar-refractivity contribution in [3.05, 3.63) is 36.1 Å². The second-order valence-corrected chi connectivity index (χ2v) is 4.84. The molecule has 0 aromatic carbocycles. The highest BCUT2D eigenvalue weighted by molar-refractivity contribution is 7.98. The van der Waals surface area contributed by atoms with Crippen molar-refractivity contribution in [3.63, 3.8) is 0 Å². The van der Waals surface area contributed by atoms with Crippen LogP contribution in [0.3, 0.4) is 0 Å². The van der Waals surface area contributed by atoms with Gasteiger partial charge >= 0.3 is 0 Å². The summed E-state index contributed by atoms with van der Waals surface area (Å²) in [4.78, 5) is 0. The standard InChI is InChI=1S/C10H17N2PS/c1-4-6-10-9(5-2)7-8-12(10)14-11-13-3/h4-6,11,13H,1,7-8H2,2-3H3/b9-5-,10-6+. The van der Waals surface area contributed by atoms with E-state index in [-0.39, 0.29) is 0 Å². The molecule has 1 aliphatic rings. The maximum Gasteiger partial charge on any atom is 0.0511 e. The van der Waals surface area contributed by atoms with Crippen LogP contribution >= 0.6 is 20.9 Å². The summed E-state index contributed by atoms with van der Waals surface area (Å²) in [5, 5.41) is 0. The number of allylic oxidation sites excluding steroid dienone is 4. The Morgan fingerprint density at radius 2 is 2.43 bits per heavy atom. The molecule has 0 aromatic rings. The van der Waals surface area contributed by atoms with Crippen molar-refractivity contribution in [2.45, 2.75) is 13.3 Å². The molecule has 0 radical (unpaired) electrons. The van der Waals surface area contributed by atoms with Crippen molar-refractivity contribution in [1.82, 2.24) is 8.80 Å². The summed E-state index contributed by atoms with van der Waals surface area (Å²) < 4.78 is 5.58. The van der Waals surface area contributed by atoms with Gasteiger partial charge in [0.05, 0.1) is 5.70 Å². The molecule has 1 rings (SSSR count). The van der Waals surface area contributed by atoms with Gasteiger partial charge in [0.1, 0.15) is 0 Å². The molecular formula is C10H17N2PS. The minimum absolute atomic E-state index is 0.768. The highest BCUT2D eigenvalue weighted by Crippen LogP contribution is 2.32. The van der Waals surface area contributed by atoms with Crippen LogP contribution in [-0.4, -0.2) is 17.5 Å². The van der Waals surface area contributed by atoms with E-state index in [4.69, 9.17) is 0 Å². The Morgan fingerprint density at radius 3 is 3.00 bits per heavy atom. The number of rotatable bonds is 4. The van der Waals surface area contributed by atoms with E-state index in [0.29, 0.717) is 0 Å². The lowest BCUT2D eigenvalue weighted by Crippen LogP contribution is -2.11. The Bertz CT molecular complexity index is 261. The molecule has 0 bridgehead atoms. The first kappa shape index (κ1) is 11.8. The Kier molecular flexibility index (Phi) is 5.31. The Labute approximate surface area is 92.6 Å². The van der Waals surface area contributed by atoms with E-state index in [2.05, 4.69) is 41.1 Å². The van der Waals surface area contributed by atoms with Gasteiger partial charge in [0.15, 0.2) is 0 Å². The first-order chi connectivity index (χ1) is 6.83. The van der Waals surface area contributed by atoms with Gasteiger partial charge in [-0.1, -0.05) is 18.7 Å². The molecule has 1 unspecified atom stereocenters. The highest BCUT2D eigenvalue weighted by Gasteiger charge is 2.21. The maximum atomic E-state index is 3.75. The quantitative estimate of drug-likeness (QED) is 0.588. The highest BCUT2D eigenvalue weighted by atomic mass is 32.2. The molecule has 2 nitrogen and oxygen atoms in total. The summed E-state index contributed by atoms with van der Waals surface area (Å²) in [7, 11) is 0.768. The second-order valence-electron chi connectivity index (χ2n) is 2.90. The molecule has 1 heterocycles. The molecule has 1 saturated heterocycles. The summed E-state index contributed by atoms with van der Waals surface area (Å²) in [6.45, 7) is 9.06. The molecule has 0 saturated carbocycles. The summed E-state index contributed by atoms with van der Waals surface area (Å²) >= 11 is 1.69. The molecule has 78 valence electrons. The maximum absolute atomic E-state index is 3.75. The fourth-order valence-electron chi connectivity index (χ4n) is 1.42. The van der Waals surface area contributed by atoms with Gasteiger partial charge in [0.2, 0.25) is 0 Å². The first-order valence-corrected chi connectivity index (χ1v) is 6.95. The van der Waals surface area contributed by atoms with E-state index >= 15 is 0 Å². The molecule has 1 N–H and O–H groups in total. The Hall–Kier alpha value is -0.240. The van der Waals surface area contributed by atoms with Crippen LogP contribution in [0.15, 0.2) is 36.1 Å². The van der Waals surface area contributed by atoms with Gasteiger partial charge in [-0.25, -0.2) is 4.49 Å². The van der Waals surface area contributed by atoms with Crippen LogP contribution < -0.4 is 4.49 Å². The summed E-state index contributed by atoms with van der Waals surface area (Å²) in [6, 6.07) is 0. The number of hydrogen-bond donors (Lipinski definition) is 1. The van der Waals surface area contributed by atoms with Crippen LogP contribution in [0.1, 0.15) is 13.3 Å². The third-order valence-corrected chi connectivity index (χ3v) is 3.85. The number of nitrogens with zero attached hydrogens (tertiary/aromatic N) is 1. The van der Waals surface area contributed by atoms with E-state index in [9.17, 15) is 0 Å². The zero-order chi connectivity index (χ0) is 10.4. The summed E-state index contributed by atoms with van der Waals surface area (Å²) in [5.74, 6) is 0. The van der Waals surface area contributed by atoms with E-state index in [0.717, 1.165) is 21.7 Å². The third kappa shape index (κ3) is 2.88. The van der Waals surface area contributed by atoms with Gasteiger partial charge in [-0.3, -0.25) is 0 Å². The molecule has 0 aliphatic carbocycles. The molecule has 1 atom stereocenters. The normalized spacial score (nSPS) is 23.1. The molecular weight excluding hydrogens is 211 g/mol. The smallest absolute Gasteiger partial charge is 0.0511 e. The topological polar surface area (TPSA) is 15.3 Å². The zero-order valence-corrected chi connectivity index (χ0v) is 10.5. The first-order valence-electron chi connectivity index (χ1n) is 4.68. The van der Waals surface area contributed by atoms with Crippen LogP contribution in [0.5, 0.6) is 0 Å². The van der Waals surface area contributed by atoms with Gasteiger partial charge in [-0.15, -0.1) is 0 Å². The van der Waals surface area contributed by atoms with Crippen LogP contribution in [-0.2, 0) is 0 Å². The van der Waals surface area contributed by atoms with E-state index in [1.807, 2.05) is 6.08 Å². The second kappa shape index (κ2) is 6.28. The summed E-state index contributed by atoms with van der Waals surface area (Å²) in [5.41, 5.74) is 2.71. The van der Waals surface area contributed by atoms with E-state index in [1.165, 1.54) is 11.3 Å². The van der Waals surface area contributed by atoms with Crippen molar-refractivity contribution in [2.75, 3.05) is 13.2 Å². The molecule has 0 aromatic heterocycles. The monoisotopic (exact) mass is 228 g/mol. The molecule has 4 heteroatoms. The fourth-order valence-corrected chi connectivity index (χ4v) is 2.69. The van der Waals surface area contributed by atoms with Crippen LogP contribution in [0.4, 0.5) is 0 Å². The Morgan fingerprint density at radius 1 is 1.64 bits per heavy atom. The van der Waals surface area contributed by atoms with Crippen molar-refractivity contribution in [1.29, 1.82) is 0 Å². The van der Waals surface area contributed by atoms with Gasteiger partial charge in [-0.2, -0.15) is 0 Å². The lowest BCUT2D eigenvalue weighted by Gasteiger charge is -2.17. The number of hydrogen-bond acceptors (Lipinski definition) is 3. The Balaban J connectivity index is 2.68. The number of nitrogens with one attached hydrogen (secondary N) is 1. The predicted molar refractivity (Wildman–Crippen MR) is 68.3 cm³/mol. The van der Waals surface area contributed by atoms with Crippen LogP contribution in [0.25, 0.3) is 0 Å².